The fourth-order valence-corrected chi connectivity index (χ4v) is 1.97. The molecule has 1 aromatic heterocycles. The van der Waals surface area contributed by atoms with Gasteiger partial charge in [-0.1, -0.05) is 19.1 Å². The van der Waals surface area contributed by atoms with Gasteiger partial charge in [-0.15, -0.1) is 0 Å². The number of aromatic nitrogens is 2. The molecule has 6 heteroatoms. The number of nitrogens with one attached hydrogen (secondary N) is 2. The second kappa shape index (κ2) is 8.19. The molecule has 0 saturated carbocycles. The highest BCUT2D eigenvalue weighted by atomic mass is 16.5. The molecule has 0 aliphatic rings. The van der Waals surface area contributed by atoms with Crippen LogP contribution < -0.4 is 15.6 Å². The zero-order valence-corrected chi connectivity index (χ0v) is 12.6. The Morgan fingerprint density at radius 1 is 1.36 bits per heavy atom. The van der Waals surface area contributed by atoms with Gasteiger partial charge in [0, 0.05) is 19.2 Å². The van der Waals surface area contributed by atoms with Crippen molar-refractivity contribution in [3.63, 3.8) is 0 Å². The van der Waals surface area contributed by atoms with Crippen molar-refractivity contribution in [2.75, 3.05) is 25.1 Å². The van der Waals surface area contributed by atoms with E-state index in [1.54, 1.807) is 0 Å². The lowest BCUT2D eigenvalue weighted by molar-refractivity contribution is 0.292. The van der Waals surface area contributed by atoms with Crippen LogP contribution in [0, 0.1) is 0 Å². The number of aromatic amines is 1. The Bertz CT molecular complexity index is 655. The van der Waals surface area contributed by atoms with Gasteiger partial charge in [0.1, 0.15) is 17.4 Å². The van der Waals surface area contributed by atoms with Crippen molar-refractivity contribution >= 4 is 5.82 Å². The van der Waals surface area contributed by atoms with Crippen molar-refractivity contribution < 1.29 is 9.84 Å². The van der Waals surface area contributed by atoms with E-state index in [1.807, 2.05) is 31.2 Å². The van der Waals surface area contributed by atoms with E-state index >= 15 is 0 Å². The lowest BCUT2D eigenvalue weighted by atomic mass is 10.2. The normalized spacial score (nSPS) is 10.5. The first-order valence-electron chi connectivity index (χ1n) is 7.43. The fourth-order valence-electron chi connectivity index (χ4n) is 1.97. The van der Waals surface area contributed by atoms with Crippen LogP contribution >= 0.6 is 0 Å². The number of aliphatic hydroxyl groups is 1. The van der Waals surface area contributed by atoms with E-state index < -0.39 is 0 Å². The number of benzene rings is 1. The quantitative estimate of drug-likeness (QED) is 0.649. The molecule has 3 N–H and O–H groups in total. The summed E-state index contributed by atoms with van der Waals surface area (Å²) in [5.41, 5.74) is 0.514. The molecule has 1 heterocycles. The third-order valence-electron chi connectivity index (χ3n) is 2.99. The molecular weight excluding hydrogens is 282 g/mol. The first-order valence-corrected chi connectivity index (χ1v) is 7.43. The van der Waals surface area contributed by atoms with Crippen LogP contribution in [0.3, 0.4) is 0 Å². The molecule has 22 heavy (non-hydrogen) atoms. The summed E-state index contributed by atoms with van der Waals surface area (Å²) in [5.74, 6) is 1.64. The Labute approximate surface area is 129 Å². The highest BCUT2D eigenvalue weighted by Crippen LogP contribution is 2.27. The van der Waals surface area contributed by atoms with Crippen molar-refractivity contribution in [2.45, 2.75) is 19.8 Å². The molecule has 0 amide bonds. The third-order valence-corrected chi connectivity index (χ3v) is 2.99. The lowest BCUT2D eigenvalue weighted by Crippen LogP contribution is -2.13. The molecule has 6 nitrogen and oxygen atoms in total. The van der Waals surface area contributed by atoms with Crippen molar-refractivity contribution in [3.8, 4) is 17.1 Å². The Morgan fingerprint density at radius 2 is 2.18 bits per heavy atom. The van der Waals surface area contributed by atoms with Crippen LogP contribution in [0.4, 0.5) is 5.82 Å². The van der Waals surface area contributed by atoms with Crippen LogP contribution in [0.1, 0.15) is 19.8 Å². The van der Waals surface area contributed by atoms with Crippen molar-refractivity contribution in [1.82, 2.24) is 9.97 Å². The molecule has 0 unspecified atom stereocenters. The van der Waals surface area contributed by atoms with Crippen molar-refractivity contribution in [2.24, 2.45) is 0 Å². The highest BCUT2D eigenvalue weighted by Gasteiger charge is 2.09. The number of hydrogen-bond donors (Lipinski definition) is 3. The Balaban J connectivity index is 2.30. The smallest absolute Gasteiger partial charge is 0.253 e. The van der Waals surface area contributed by atoms with Gasteiger partial charge in [0.25, 0.3) is 5.56 Å². The van der Waals surface area contributed by atoms with Gasteiger partial charge in [-0.2, -0.15) is 0 Å². The molecule has 2 rings (SSSR count). The predicted molar refractivity (Wildman–Crippen MR) is 86.3 cm³/mol. The van der Waals surface area contributed by atoms with Crippen LogP contribution in [0.25, 0.3) is 11.4 Å². The van der Waals surface area contributed by atoms with E-state index in [9.17, 15) is 4.79 Å². The van der Waals surface area contributed by atoms with Gasteiger partial charge in [-0.25, -0.2) is 4.98 Å². The summed E-state index contributed by atoms with van der Waals surface area (Å²) in [7, 11) is 0. The highest BCUT2D eigenvalue weighted by molar-refractivity contribution is 5.65. The number of aliphatic hydroxyl groups excluding tert-OH is 1. The molecule has 118 valence electrons. The SMILES string of the molecule is CCCOc1ccccc1-c1nc(NCCCO)cc(=O)[nH]1. The topological polar surface area (TPSA) is 87.2 Å². The maximum atomic E-state index is 11.8. The summed E-state index contributed by atoms with van der Waals surface area (Å²) < 4.78 is 5.70. The van der Waals surface area contributed by atoms with Gasteiger partial charge in [-0.05, 0) is 25.0 Å². The minimum atomic E-state index is -0.234. The number of rotatable bonds is 8. The molecule has 0 aliphatic heterocycles. The monoisotopic (exact) mass is 303 g/mol. The summed E-state index contributed by atoms with van der Waals surface area (Å²) in [6.07, 6.45) is 1.50. The molecule has 0 fully saturated rings. The summed E-state index contributed by atoms with van der Waals surface area (Å²) in [4.78, 5) is 19.0. The number of nitrogens with zero attached hydrogens (tertiary/aromatic N) is 1. The minimum Gasteiger partial charge on any atom is -0.493 e. The predicted octanol–water partition coefficient (Wildman–Crippen LogP) is 2.02. The lowest BCUT2D eigenvalue weighted by Gasteiger charge is -2.11. The molecule has 0 atom stereocenters. The Morgan fingerprint density at radius 3 is 2.95 bits per heavy atom. The van der Waals surface area contributed by atoms with Crippen molar-refractivity contribution in [1.29, 1.82) is 0 Å². The van der Waals surface area contributed by atoms with Crippen LogP contribution in [0.5, 0.6) is 5.75 Å². The molecule has 0 aliphatic carbocycles. The van der Waals surface area contributed by atoms with E-state index in [4.69, 9.17) is 9.84 Å². The van der Waals surface area contributed by atoms with E-state index in [-0.39, 0.29) is 12.2 Å². The van der Waals surface area contributed by atoms with E-state index in [1.165, 1.54) is 6.07 Å². The standard InChI is InChI=1S/C16H21N3O3/c1-2-10-22-13-7-4-3-6-12(13)16-18-14(11-15(21)19-16)17-8-5-9-20/h3-4,6-7,11,20H,2,5,8-10H2,1H3,(H2,17,18,19,21). The maximum Gasteiger partial charge on any atom is 0.253 e. The maximum absolute atomic E-state index is 11.8. The fraction of sp³-hybridized carbons (Fsp3) is 0.375. The van der Waals surface area contributed by atoms with Crippen LogP contribution in [-0.2, 0) is 0 Å². The molecule has 0 radical (unpaired) electrons. The number of ether oxygens (including phenoxy) is 1. The first kappa shape index (κ1) is 16.0. The molecule has 0 bridgehead atoms. The van der Waals surface area contributed by atoms with Gasteiger partial charge >= 0.3 is 0 Å². The summed E-state index contributed by atoms with van der Waals surface area (Å²) in [6, 6.07) is 8.88. The second-order valence-electron chi connectivity index (χ2n) is 4.83. The van der Waals surface area contributed by atoms with Crippen LogP contribution in [-0.4, -0.2) is 34.8 Å². The largest absolute Gasteiger partial charge is 0.493 e. The molecular formula is C16H21N3O3. The van der Waals surface area contributed by atoms with Crippen molar-refractivity contribution in [3.05, 3.63) is 40.7 Å². The van der Waals surface area contributed by atoms with Gasteiger partial charge < -0.3 is 20.1 Å². The van der Waals surface area contributed by atoms with E-state index in [0.29, 0.717) is 37.0 Å². The second-order valence-corrected chi connectivity index (χ2v) is 4.83. The number of H-pyrrole nitrogens is 1. The minimum absolute atomic E-state index is 0.0940. The molecule has 1 aromatic carbocycles. The number of anilines is 1. The van der Waals surface area contributed by atoms with Gasteiger partial charge in [0.15, 0.2) is 0 Å². The van der Waals surface area contributed by atoms with Gasteiger partial charge in [0.2, 0.25) is 0 Å². The van der Waals surface area contributed by atoms with Crippen LogP contribution in [0.15, 0.2) is 35.1 Å². The summed E-state index contributed by atoms with van der Waals surface area (Å²) in [6.45, 7) is 3.29. The Hall–Kier alpha value is -2.34. The van der Waals surface area contributed by atoms with E-state index in [2.05, 4.69) is 15.3 Å². The first-order chi connectivity index (χ1) is 10.7. The van der Waals surface area contributed by atoms with E-state index in [0.717, 1.165) is 12.0 Å². The zero-order valence-electron chi connectivity index (χ0n) is 12.6. The molecule has 0 spiro atoms. The van der Waals surface area contributed by atoms with Crippen LogP contribution in [0.2, 0.25) is 0 Å². The average Bonchev–Trinajstić information content (AvgIpc) is 2.53. The summed E-state index contributed by atoms with van der Waals surface area (Å²) in [5, 5.41) is 11.8. The number of para-hydroxylation sites is 1. The number of hydrogen-bond acceptors (Lipinski definition) is 5. The average molecular weight is 303 g/mol. The third kappa shape index (κ3) is 4.33. The van der Waals surface area contributed by atoms with Gasteiger partial charge in [-0.3, -0.25) is 4.79 Å². The molecule has 2 aromatic rings. The zero-order chi connectivity index (χ0) is 15.8. The summed E-state index contributed by atoms with van der Waals surface area (Å²) >= 11 is 0. The van der Waals surface area contributed by atoms with Gasteiger partial charge in [0.05, 0.1) is 12.2 Å². The Kier molecular flexibility index (Phi) is 5.97. The molecule has 0 saturated heterocycles.